The first-order chi connectivity index (χ1) is 9.77. The van der Waals surface area contributed by atoms with Crippen molar-refractivity contribution >= 4 is 11.7 Å². The summed E-state index contributed by atoms with van der Waals surface area (Å²) in [4.78, 5) is 23.6. The summed E-state index contributed by atoms with van der Waals surface area (Å²) in [7, 11) is 1.78. The quantitative estimate of drug-likeness (QED) is 0.931. The van der Waals surface area contributed by atoms with E-state index in [9.17, 15) is 9.59 Å². The first-order valence-electron chi connectivity index (χ1n) is 6.77. The number of pyridine rings is 1. The Morgan fingerprint density at radius 3 is 2.62 bits per heavy atom. The highest BCUT2D eigenvalue weighted by Crippen LogP contribution is 2.23. The zero-order valence-corrected chi connectivity index (χ0v) is 12.8. The van der Waals surface area contributed by atoms with Crippen molar-refractivity contribution in [1.29, 1.82) is 0 Å². The molecule has 0 aliphatic rings. The van der Waals surface area contributed by atoms with Crippen LogP contribution in [0, 0.1) is 0 Å². The Hall–Kier alpha value is -2.37. The van der Waals surface area contributed by atoms with Crippen LogP contribution in [0.2, 0.25) is 0 Å². The number of carbonyl (C=O) groups excluding carboxylic acids is 1. The van der Waals surface area contributed by atoms with E-state index in [0.717, 1.165) is 5.69 Å². The van der Waals surface area contributed by atoms with Crippen LogP contribution in [0.3, 0.4) is 0 Å². The number of hydrogen-bond acceptors (Lipinski definition) is 3. The summed E-state index contributed by atoms with van der Waals surface area (Å²) in [5.74, 6) is 0.362. The van der Waals surface area contributed by atoms with Crippen molar-refractivity contribution in [3.8, 4) is 0 Å². The minimum atomic E-state index is -0.258. The summed E-state index contributed by atoms with van der Waals surface area (Å²) in [6.45, 7) is 6.16. The highest BCUT2D eigenvalue weighted by Gasteiger charge is 2.19. The van der Waals surface area contributed by atoms with Gasteiger partial charge < -0.3 is 9.88 Å². The fourth-order valence-electron chi connectivity index (χ4n) is 1.88. The van der Waals surface area contributed by atoms with Crippen molar-refractivity contribution in [2.24, 2.45) is 7.05 Å². The molecule has 0 bridgehead atoms. The van der Waals surface area contributed by atoms with Gasteiger partial charge in [0.2, 0.25) is 5.91 Å². The van der Waals surface area contributed by atoms with E-state index in [2.05, 4.69) is 31.2 Å². The molecule has 0 saturated carbocycles. The number of carbonyl (C=O) groups is 1. The Labute approximate surface area is 123 Å². The number of aromatic nitrogens is 3. The summed E-state index contributed by atoms with van der Waals surface area (Å²) < 4.78 is 2.99. The highest BCUT2D eigenvalue weighted by molar-refractivity contribution is 5.89. The molecular formula is C15H20N4O2. The second-order valence-electron chi connectivity index (χ2n) is 6.00. The maximum Gasteiger partial charge on any atom is 0.250 e. The second-order valence-corrected chi connectivity index (χ2v) is 6.00. The average Bonchev–Trinajstić information content (AvgIpc) is 2.74. The number of hydrogen-bond donors (Lipinski definition) is 1. The number of rotatable bonds is 3. The third-order valence-electron chi connectivity index (χ3n) is 3.13. The van der Waals surface area contributed by atoms with Gasteiger partial charge in [0.1, 0.15) is 12.4 Å². The Morgan fingerprint density at radius 1 is 1.33 bits per heavy atom. The maximum absolute atomic E-state index is 12.0. The summed E-state index contributed by atoms with van der Waals surface area (Å²) in [5, 5.41) is 7.17. The fraction of sp³-hybridized carbons (Fsp3) is 0.400. The van der Waals surface area contributed by atoms with Gasteiger partial charge in [0.05, 0.1) is 5.69 Å². The molecule has 0 spiro atoms. The van der Waals surface area contributed by atoms with E-state index in [4.69, 9.17) is 0 Å². The monoisotopic (exact) mass is 288 g/mol. The molecule has 1 amide bonds. The largest absolute Gasteiger partial charge is 0.309 e. The standard InChI is InChI=1S/C15H20N4O2/c1-15(2,3)11-9-12(18(4)17-11)16-13(20)10-19-8-6-5-7-14(19)21/h5-9H,10H2,1-4H3,(H,16,20). The van der Waals surface area contributed by atoms with Crippen LogP contribution in [0.1, 0.15) is 26.5 Å². The Bertz CT molecular complexity index is 707. The molecule has 21 heavy (non-hydrogen) atoms. The van der Waals surface area contributed by atoms with Gasteiger partial charge in [-0.3, -0.25) is 14.3 Å². The van der Waals surface area contributed by atoms with Gasteiger partial charge in [-0.05, 0) is 6.07 Å². The molecule has 2 rings (SSSR count). The number of nitrogens with zero attached hydrogens (tertiary/aromatic N) is 3. The molecule has 2 aromatic rings. The number of aryl methyl sites for hydroxylation is 1. The van der Waals surface area contributed by atoms with Crippen LogP contribution in [0.4, 0.5) is 5.82 Å². The third kappa shape index (κ3) is 3.59. The van der Waals surface area contributed by atoms with Gasteiger partial charge in [-0.25, -0.2) is 0 Å². The summed E-state index contributed by atoms with van der Waals surface area (Å²) in [5.41, 5.74) is 0.613. The summed E-state index contributed by atoms with van der Waals surface area (Å²) >= 11 is 0. The van der Waals surface area contributed by atoms with E-state index in [0.29, 0.717) is 5.82 Å². The molecular weight excluding hydrogens is 268 g/mol. The van der Waals surface area contributed by atoms with Crippen LogP contribution in [0.15, 0.2) is 35.3 Å². The topological polar surface area (TPSA) is 68.9 Å². The first-order valence-corrected chi connectivity index (χ1v) is 6.77. The van der Waals surface area contributed by atoms with Crippen molar-refractivity contribution in [2.45, 2.75) is 32.7 Å². The van der Waals surface area contributed by atoms with Gasteiger partial charge in [0, 0.05) is 30.8 Å². The third-order valence-corrected chi connectivity index (χ3v) is 3.13. The van der Waals surface area contributed by atoms with Crippen LogP contribution in [-0.2, 0) is 23.8 Å². The lowest BCUT2D eigenvalue weighted by Crippen LogP contribution is -2.27. The molecule has 2 aromatic heterocycles. The van der Waals surface area contributed by atoms with Crippen molar-refractivity contribution in [1.82, 2.24) is 14.3 Å². The van der Waals surface area contributed by atoms with E-state index < -0.39 is 0 Å². The van der Waals surface area contributed by atoms with Gasteiger partial charge in [0.15, 0.2) is 0 Å². The molecule has 112 valence electrons. The van der Waals surface area contributed by atoms with Gasteiger partial charge in [-0.15, -0.1) is 0 Å². The SMILES string of the molecule is Cn1nc(C(C)(C)C)cc1NC(=O)Cn1ccccc1=O. The molecule has 0 atom stereocenters. The molecule has 0 radical (unpaired) electrons. The van der Waals surface area contributed by atoms with Gasteiger partial charge in [-0.1, -0.05) is 26.8 Å². The zero-order chi connectivity index (χ0) is 15.6. The van der Waals surface area contributed by atoms with Gasteiger partial charge in [-0.2, -0.15) is 5.10 Å². The van der Waals surface area contributed by atoms with E-state index in [-0.39, 0.29) is 23.4 Å². The Morgan fingerprint density at radius 2 is 2.05 bits per heavy atom. The lowest BCUT2D eigenvalue weighted by Gasteiger charge is -2.13. The van der Waals surface area contributed by atoms with E-state index in [1.54, 1.807) is 30.1 Å². The van der Waals surface area contributed by atoms with E-state index in [1.807, 2.05) is 6.07 Å². The van der Waals surface area contributed by atoms with Crippen molar-refractivity contribution < 1.29 is 4.79 Å². The maximum atomic E-state index is 12.0. The van der Waals surface area contributed by atoms with Gasteiger partial charge >= 0.3 is 0 Å². The average molecular weight is 288 g/mol. The summed E-state index contributed by atoms with van der Waals surface area (Å²) in [6.07, 6.45) is 1.59. The van der Waals surface area contributed by atoms with E-state index in [1.165, 1.54) is 10.6 Å². The van der Waals surface area contributed by atoms with Crippen LogP contribution >= 0.6 is 0 Å². The number of amides is 1. The smallest absolute Gasteiger partial charge is 0.250 e. The van der Waals surface area contributed by atoms with Crippen molar-refractivity contribution in [2.75, 3.05) is 5.32 Å². The molecule has 6 nitrogen and oxygen atoms in total. The Balaban J connectivity index is 2.12. The van der Waals surface area contributed by atoms with Crippen LogP contribution in [0.25, 0.3) is 0 Å². The van der Waals surface area contributed by atoms with Crippen molar-refractivity contribution in [3.05, 3.63) is 46.5 Å². The molecule has 1 N–H and O–H groups in total. The van der Waals surface area contributed by atoms with Crippen LogP contribution < -0.4 is 10.9 Å². The predicted molar refractivity (Wildman–Crippen MR) is 81.2 cm³/mol. The molecule has 0 aliphatic heterocycles. The number of anilines is 1. The highest BCUT2D eigenvalue weighted by atomic mass is 16.2. The Kier molecular flexibility index (Phi) is 3.97. The summed E-state index contributed by atoms with van der Waals surface area (Å²) in [6, 6.07) is 6.64. The van der Waals surface area contributed by atoms with E-state index >= 15 is 0 Å². The number of nitrogens with one attached hydrogen (secondary N) is 1. The first kappa shape index (κ1) is 15.0. The lowest BCUT2D eigenvalue weighted by molar-refractivity contribution is -0.116. The van der Waals surface area contributed by atoms with Gasteiger partial charge in [0.25, 0.3) is 5.56 Å². The lowest BCUT2D eigenvalue weighted by atomic mass is 9.92. The van der Waals surface area contributed by atoms with Crippen LogP contribution in [-0.4, -0.2) is 20.3 Å². The minimum absolute atomic E-state index is 0.0182. The fourth-order valence-corrected chi connectivity index (χ4v) is 1.88. The molecule has 0 aliphatic carbocycles. The molecule has 0 fully saturated rings. The molecule has 6 heteroatoms. The van der Waals surface area contributed by atoms with Crippen molar-refractivity contribution in [3.63, 3.8) is 0 Å². The predicted octanol–water partition coefficient (Wildman–Crippen LogP) is 1.52. The zero-order valence-electron chi connectivity index (χ0n) is 12.8. The second kappa shape index (κ2) is 5.55. The molecule has 0 saturated heterocycles. The molecule has 0 unspecified atom stereocenters. The molecule has 2 heterocycles. The normalized spacial score (nSPS) is 11.4. The molecule has 0 aromatic carbocycles. The van der Waals surface area contributed by atoms with Crippen LogP contribution in [0.5, 0.6) is 0 Å². The minimum Gasteiger partial charge on any atom is -0.309 e.